The Morgan fingerprint density at radius 3 is 2.57 bits per heavy atom. The molecule has 0 unspecified atom stereocenters. The van der Waals surface area contributed by atoms with Gasteiger partial charge in [-0.3, -0.25) is 4.79 Å². The van der Waals surface area contributed by atoms with Crippen LogP contribution in [0.25, 0.3) is 22.3 Å². The standard InChI is InChI=1S/C22H29N5O/c1-13(2)18-19(16-10-14(3)22(28)27(5)12-16)24-17-11-23-21(25-20(17)18)15-6-8-26(4)9-7-15/h10-13,15,24H,6-9H2,1-5H3. The quantitative estimate of drug-likeness (QED) is 0.755. The van der Waals surface area contributed by atoms with Gasteiger partial charge in [0, 0.05) is 35.9 Å². The zero-order chi connectivity index (χ0) is 20.0. The molecule has 1 fully saturated rings. The first kappa shape index (κ1) is 18.9. The lowest BCUT2D eigenvalue weighted by Gasteiger charge is -2.27. The van der Waals surface area contributed by atoms with Gasteiger partial charge in [0.15, 0.2) is 0 Å². The van der Waals surface area contributed by atoms with E-state index in [0.29, 0.717) is 11.8 Å². The van der Waals surface area contributed by atoms with Crippen molar-refractivity contribution in [3.8, 4) is 11.3 Å². The number of aromatic amines is 1. The van der Waals surface area contributed by atoms with Crippen LogP contribution in [0.2, 0.25) is 0 Å². The number of pyridine rings is 1. The first-order valence-electron chi connectivity index (χ1n) is 10.1. The fourth-order valence-electron chi connectivity index (χ4n) is 4.28. The van der Waals surface area contributed by atoms with Crippen molar-refractivity contribution in [2.24, 2.45) is 7.05 Å². The van der Waals surface area contributed by atoms with Crippen LogP contribution < -0.4 is 5.56 Å². The fourth-order valence-corrected chi connectivity index (χ4v) is 4.28. The minimum Gasteiger partial charge on any atom is -0.352 e. The fraction of sp³-hybridized carbons (Fsp3) is 0.500. The number of aromatic nitrogens is 4. The normalized spacial score (nSPS) is 16.4. The highest BCUT2D eigenvalue weighted by Crippen LogP contribution is 2.35. The second kappa shape index (κ2) is 7.17. The van der Waals surface area contributed by atoms with Crippen LogP contribution in [0.5, 0.6) is 0 Å². The minimum absolute atomic E-state index is 0.0373. The van der Waals surface area contributed by atoms with Gasteiger partial charge in [-0.1, -0.05) is 13.8 Å². The van der Waals surface area contributed by atoms with Crippen LogP contribution in [0.15, 0.2) is 23.3 Å². The Labute approximate surface area is 165 Å². The van der Waals surface area contributed by atoms with Crippen molar-refractivity contribution >= 4 is 11.0 Å². The largest absolute Gasteiger partial charge is 0.352 e. The molecule has 6 nitrogen and oxygen atoms in total. The number of hydrogen-bond donors (Lipinski definition) is 1. The van der Waals surface area contributed by atoms with Crippen LogP contribution in [0.4, 0.5) is 0 Å². The Morgan fingerprint density at radius 2 is 1.93 bits per heavy atom. The molecule has 28 heavy (non-hydrogen) atoms. The van der Waals surface area contributed by atoms with Crippen molar-refractivity contribution in [3.05, 3.63) is 45.8 Å². The van der Waals surface area contributed by atoms with Gasteiger partial charge in [0.25, 0.3) is 5.56 Å². The Balaban J connectivity index is 1.84. The van der Waals surface area contributed by atoms with Crippen LogP contribution in [0.3, 0.4) is 0 Å². The van der Waals surface area contributed by atoms with E-state index in [4.69, 9.17) is 9.97 Å². The lowest BCUT2D eigenvalue weighted by molar-refractivity contribution is 0.251. The molecule has 0 amide bonds. The molecule has 0 radical (unpaired) electrons. The highest BCUT2D eigenvalue weighted by molar-refractivity contribution is 5.88. The molecule has 4 heterocycles. The zero-order valence-corrected chi connectivity index (χ0v) is 17.4. The summed E-state index contributed by atoms with van der Waals surface area (Å²) in [6, 6.07) is 1.96. The van der Waals surface area contributed by atoms with E-state index in [9.17, 15) is 4.79 Å². The van der Waals surface area contributed by atoms with Gasteiger partial charge in [0.05, 0.1) is 22.9 Å². The molecule has 0 aliphatic carbocycles. The van der Waals surface area contributed by atoms with Crippen molar-refractivity contribution < 1.29 is 0 Å². The molecule has 0 atom stereocenters. The molecule has 4 rings (SSSR count). The summed E-state index contributed by atoms with van der Waals surface area (Å²) in [7, 11) is 3.97. The van der Waals surface area contributed by atoms with E-state index in [-0.39, 0.29) is 5.56 Å². The maximum atomic E-state index is 12.1. The van der Waals surface area contributed by atoms with Crippen LogP contribution in [0, 0.1) is 6.92 Å². The molecular weight excluding hydrogens is 350 g/mol. The molecule has 3 aromatic heterocycles. The van der Waals surface area contributed by atoms with E-state index in [1.54, 1.807) is 11.6 Å². The molecule has 1 aliphatic heterocycles. The van der Waals surface area contributed by atoms with Crippen LogP contribution in [0.1, 0.15) is 55.5 Å². The summed E-state index contributed by atoms with van der Waals surface area (Å²) in [6.45, 7) is 8.44. The number of nitrogens with zero attached hydrogens (tertiary/aromatic N) is 4. The molecule has 0 bridgehead atoms. The number of fused-ring (bicyclic) bond motifs is 1. The van der Waals surface area contributed by atoms with Crippen LogP contribution in [-0.4, -0.2) is 44.6 Å². The van der Waals surface area contributed by atoms with Gasteiger partial charge >= 0.3 is 0 Å². The molecule has 0 aromatic carbocycles. The SMILES string of the molecule is Cc1cc(-c2[nH]c3cnc(C4CCN(C)CC4)nc3c2C(C)C)cn(C)c1=O. The second-order valence-electron chi connectivity index (χ2n) is 8.46. The predicted octanol–water partition coefficient (Wildman–Crippen LogP) is 3.56. The van der Waals surface area contributed by atoms with Gasteiger partial charge in [-0.05, 0) is 51.9 Å². The highest BCUT2D eigenvalue weighted by atomic mass is 16.1. The molecule has 3 aromatic rings. The molecule has 0 spiro atoms. The van der Waals surface area contributed by atoms with Gasteiger partial charge in [-0.2, -0.15) is 0 Å². The smallest absolute Gasteiger partial charge is 0.253 e. The first-order valence-corrected chi connectivity index (χ1v) is 10.1. The molecular formula is C22H29N5O. The maximum Gasteiger partial charge on any atom is 0.253 e. The van der Waals surface area contributed by atoms with Crippen molar-refractivity contribution in [3.63, 3.8) is 0 Å². The molecule has 0 saturated carbocycles. The Bertz CT molecular complexity index is 1040. The lowest BCUT2D eigenvalue weighted by atomic mass is 9.95. The van der Waals surface area contributed by atoms with Gasteiger partial charge < -0.3 is 14.5 Å². The number of piperidine rings is 1. The van der Waals surface area contributed by atoms with E-state index < -0.39 is 0 Å². The third kappa shape index (κ3) is 3.26. The Kier molecular flexibility index (Phi) is 4.83. The maximum absolute atomic E-state index is 12.1. The van der Waals surface area contributed by atoms with Crippen molar-refractivity contribution in [2.45, 2.75) is 45.4 Å². The summed E-state index contributed by atoms with van der Waals surface area (Å²) in [5.41, 5.74) is 6.01. The molecule has 1 aliphatic rings. The molecule has 1 N–H and O–H groups in total. The average molecular weight is 380 g/mol. The topological polar surface area (TPSA) is 66.8 Å². The summed E-state index contributed by atoms with van der Waals surface area (Å²) < 4.78 is 1.65. The van der Waals surface area contributed by atoms with Gasteiger partial charge in [-0.25, -0.2) is 9.97 Å². The van der Waals surface area contributed by atoms with E-state index >= 15 is 0 Å². The summed E-state index contributed by atoms with van der Waals surface area (Å²) in [4.78, 5) is 27.7. The number of rotatable bonds is 3. The summed E-state index contributed by atoms with van der Waals surface area (Å²) >= 11 is 0. The van der Waals surface area contributed by atoms with E-state index in [2.05, 4.69) is 30.8 Å². The van der Waals surface area contributed by atoms with E-state index in [1.165, 1.54) is 5.56 Å². The number of hydrogen-bond acceptors (Lipinski definition) is 4. The zero-order valence-electron chi connectivity index (χ0n) is 17.4. The Morgan fingerprint density at radius 1 is 1.21 bits per heavy atom. The predicted molar refractivity (Wildman–Crippen MR) is 113 cm³/mol. The monoisotopic (exact) mass is 379 g/mol. The molecule has 1 saturated heterocycles. The summed E-state index contributed by atoms with van der Waals surface area (Å²) in [5, 5.41) is 0. The molecule has 6 heteroatoms. The number of aryl methyl sites for hydroxylation is 2. The molecule has 148 valence electrons. The second-order valence-corrected chi connectivity index (χ2v) is 8.46. The van der Waals surface area contributed by atoms with Crippen LogP contribution >= 0.6 is 0 Å². The summed E-state index contributed by atoms with van der Waals surface area (Å²) in [5.74, 6) is 1.70. The summed E-state index contributed by atoms with van der Waals surface area (Å²) in [6.07, 6.45) is 6.05. The van der Waals surface area contributed by atoms with Gasteiger partial charge in [0.1, 0.15) is 5.82 Å². The van der Waals surface area contributed by atoms with Crippen LogP contribution in [-0.2, 0) is 7.05 Å². The van der Waals surface area contributed by atoms with E-state index in [1.807, 2.05) is 25.4 Å². The third-order valence-corrected chi connectivity index (χ3v) is 5.90. The number of H-pyrrole nitrogens is 1. The first-order chi connectivity index (χ1) is 13.3. The minimum atomic E-state index is 0.0373. The number of nitrogens with one attached hydrogen (secondary N) is 1. The third-order valence-electron chi connectivity index (χ3n) is 5.90. The van der Waals surface area contributed by atoms with Crippen molar-refractivity contribution in [1.82, 2.24) is 24.4 Å². The average Bonchev–Trinajstić information content (AvgIpc) is 3.05. The Hall–Kier alpha value is -2.47. The van der Waals surface area contributed by atoms with Crippen molar-refractivity contribution in [2.75, 3.05) is 20.1 Å². The highest BCUT2D eigenvalue weighted by Gasteiger charge is 2.24. The lowest BCUT2D eigenvalue weighted by Crippen LogP contribution is -2.29. The van der Waals surface area contributed by atoms with E-state index in [0.717, 1.165) is 59.6 Å². The van der Waals surface area contributed by atoms with Crippen molar-refractivity contribution in [1.29, 1.82) is 0 Å². The number of likely N-dealkylation sites (tertiary alicyclic amines) is 1. The van der Waals surface area contributed by atoms with Gasteiger partial charge in [-0.15, -0.1) is 0 Å². The van der Waals surface area contributed by atoms with Gasteiger partial charge in [0.2, 0.25) is 0 Å².